The predicted molar refractivity (Wildman–Crippen MR) is 48.9 cm³/mol. The summed E-state index contributed by atoms with van der Waals surface area (Å²) in [6.45, 7) is 2.61. The van der Waals surface area contributed by atoms with E-state index in [1.165, 1.54) is 0 Å². The molecule has 0 saturated carbocycles. The molecule has 0 aliphatic rings. The van der Waals surface area contributed by atoms with Crippen molar-refractivity contribution in [3.05, 3.63) is 0 Å². The highest BCUT2D eigenvalue weighted by Crippen LogP contribution is 2.13. The monoisotopic (exact) mass is 242 g/mol. The van der Waals surface area contributed by atoms with E-state index >= 15 is 0 Å². The van der Waals surface area contributed by atoms with Gasteiger partial charge in [0, 0.05) is 19.1 Å². The minimum Gasteiger partial charge on any atom is -0.465 e. The molecule has 0 spiro atoms. The highest BCUT2D eigenvalue weighted by atomic mass is 19.4. The van der Waals surface area contributed by atoms with Gasteiger partial charge >= 0.3 is 18.2 Å². The van der Waals surface area contributed by atoms with Gasteiger partial charge in [-0.2, -0.15) is 13.2 Å². The molecule has 0 aromatic carbocycles. The van der Waals surface area contributed by atoms with Crippen molar-refractivity contribution in [2.45, 2.75) is 26.1 Å². The fourth-order valence-corrected chi connectivity index (χ4v) is 0.965. The number of carbonyl (C=O) groups is 2. The second kappa shape index (κ2) is 5.57. The van der Waals surface area contributed by atoms with Gasteiger partial charge < -0.3 is 15.3 Å². The van der Waals surface area contributed by atoms with E-state index < -0.39 is 18.2 Å². The zero-order valence-corrected chi connectivity index (χ0v) is 8.84. The zero-order chi connectivity index (χ0) is 12.9. The first-order chi connectivity index (χ1) is 7.16. The minimum absolute atomic E-state index is 0.186. The number of carbonyl (C=O) groups excluding carboxylic acids is 1. The molecule has 0 unspecified atom stereocenters. The standard InChI is InChI=1S/C8H13F3N2O3/c1-5(2)13(7(15)16)4-3-12-6(14)8(9,10)11/h5H,3-4H2,1-2H3,(H,12,14)(H,15,16). The van der Waals surface area contributed by atoms with Crippen LogP contribution < -0.4 is 5.32 Å². The van der Waals surface area contributed by atoms with Crippen LogP contribution in [0.5, 0.6) is 0 Å². The van der Waals surface area contributed by atoms with Gasteiger partial charge in [0.25, 0.3) is 0 Å². The van der Waals surface area contributed by atoms with Crippen molar-refractivity contribution in [3.63, 3.8) is 0 Å². The average molecular weight is 242 g/mol. The number of halogens is 3. The lowest BCUT2D eigenvalue weighted by atomic mass is 10.3. The molecule has 0 atom stereocenters. The Bertz CT molecular complexity index is 266. The van der Waals surface area contributed by atoms with E-state index in [1.54, 1.807) is 19.2 Å². The van der Waals surface area contributed by atoms with Crippen molar-refractivity contribution in [2.24, 2.45) is 0 Å². The fourth-order valence-electron chi connectivity index (χ4n) is 0.965. The Balaban J connectivity index is 4.06. The predicted octanol–water partition coefficient (Wildman–Crippen LogP) is 1.05. The number of rotatable bonds is 4. The first-order valence-corrected chi connectivity index (χ1v) is 4.51. The first-order valence-electron chi connectivity index (χ1n) is 4.51. The molecule has 0 bridgehead atoms. The van der Waals surface area contributed by atoms with Crippen LogP contribution in [0.2, 0.25) is 0 Å². The van der Waals surface area contributed by atoms with Crippen molar-refractivity contribution in [2.75, 3.05) is 13.1 Å². The van der Waals surface area contributed by atoms with Gasteiger partial charge in [0.05, 0.1) is 0 Å². The van der Waals surface area contributed by atoms with E-state index in [-0.39, 0.29) is 19.1 Å². The molecule has 8 heteroatoms. The molecule has 0 rings (SSSR count). The van der Waals surface area contributed by atoms with Crippen LogP contribution in [0.15, 0.2) is 0 Å². The summed E-state index contributed by atoms with van der Waals surface area (Å²) < 4.78 is 35.2. The molecule has 5 nitrogen and oxygen atoms in total. The maximum absolute atomic E-state index is 11.7. The Morgan fingerprint density at radius 2 is 1.88 bits per heavy atom. The highest BCUT2D eigenvalue weighted by Gasteiger charge is 2.38. The zero-order valence-electron chi connectivity index (χ0n) is 8.84. The van der Waals surface area contributed by atoms with Gasteiger partial charge in [0.1, 0.15) is 0 Å². The molecule has 94 valence electrons. The van der Waals surface area contributed by atoms with Crippen LogP contribution in [0.25, 0.3) is 0 Å². The number of carboxylic acid groups (broad SMARTS) is 1. The van der Waals surface area contributed by atoms with Crippen LogP contribution in [-0.4, -0.2) is 47.3 Å². The second-order valence-corrected chi connectivity index (χ2v) is 3.32. The van der Waals surface area contributed by atoms with E-state index in [9.17, 15) is 22.8 Å². The Morgan fingerprint density at radius 3 is 2.19 bits per heavy atom. The van der Waals surface area contributed by atoms with E-state index in [4.69, 9.17) is 5.11 Å². The Morgan fingerprint density at radius 1 is 1.38 bits per heavy atom. The topological polar surface area (TPSA) is 69.6 Å². The lowest BCUT2D eigenvalue weighted by molar-refractivity contribution is -0.173. The number of nitrogens with one attached hydrogen (secondary N) is 1. The summed E-state index contributed by atoms with van der Waals surface area (Å²) in [5, 5.41) is 10.3. The third kappa shape index (κ3) is 4.85. The van der Waals surface area contributed by atoms with Crippen molar-refractivity contribution in [3.8, 4) is 0 Å². The average Bonchev–Trinajstić information content (AvgIpc) is 2.08. The maximum atomic E-state index is 11.7. The molecule has 0 aliphatic heterocycles. The van der Waals surface area contributed by atoms with Crippen molar-refractivity contribution in [1.82, 2.24) is 10.2 Å². The lowest BCUT2D eigenvalue weighted by Crippen LogP contribution is -2.44. The van der Waals surface area contributed by atoms with Crippen LogP contribution >= 0.6 is 0 Å². The quantitative estimate of drug-likeness (QED) is 0.774. The SMILES string of the molecule is CC(C)N(CCNC(=O)C(F)(F)F)C(=O)O. The summed E-state index contributed by atoms with van der Waals surface area (Å²) in [7, 11) is 0. The third-order valence-electron chi connectivity index (χ3n) is 1.76. The van der Waals surface area contributed by atoms with Crippen molar-refractivity contribution in [1.29, 1.82) is 0 Å². The number of amides is 2. The molecule has 2 amide bonds. The van der Waals surface area contributed by atoms with Crippen LogP contribution in [0, 0.1) is 0 Å². The number of hydrogen-bond acceptors (Lipinski definition) is 2. The minimum atomic E-state index is -4.94. The molecule has 2 N–H and O–H groups in total. The summed E-state index contributed by atoms with van der Waals surface area (Å²) in [4.78, 5) is 21.9. The number of nitrogens with zero attached hydrogens (tertiary/aromatic N) is 1. The third-order valence-corrected chi connectivity index (χ3v) is 1.76. The van der Waals surface area contributed by atoms with E-state index in [2.05, 4.69) is 0 Å². The van der Waals surface area contributed by atoms with Crippen LogP contribution in [0.4, 0.5) is 18.0 Å². The van der Waals surface area contributed by atoms with Gasteiger partial charge in [-0.15, -0.1) is 0 Å². The smallest absolute Gasteiger partial charge is 0.465 e. The van der Waals surface area contributed by atoms with E-state index in [1.807, 2.05) is 0 Å². The molecule has 0 aliphatic carbocycles. The van der Waals surface area contributed by atoms with Gasteiger partial charge in [0.2, 0.25) is 0 Å². The lowest BCUT2D eigenvalue weighted by Gasteiger charge is -2.23. The Labute approximate surface area is 90.2 Å². The van der Waals surface area contributed by atoms with E-state index in [0.29, 0.717) is 0 Å². The van der Waals surface area contributed by atoms with Crippen LogP contribution in [0.1, 0.15) is 13.8 Å². The van der Waals surface area contributed by atoms with Gasteiger partial charge in [-0.05, 0) is 13.8 Å². The number of alkyl halides is 3. The molecular weight excluding hydrogens is 229 g/mol. The highest BCUT2D eigenvalue weighted by molar-refractivity contribution is 5.81. The summed E-state index contributed by atoms with van der Waals surface area (Å²) in [5.74, 6) is -2.07. The van der Waals surface area contributed by atoms with Crippen molar-refractivity contribution < 1.29 is 27.9 Å². The Hall–Kier alpha value is -1.47. The van der Waals surface area contributed by atoms with Gasteiger partial charge in [0.15, 0.2) is 0 Å². The van der Waals surface area contributed by atoms with Gasteiger partial charge in [-0.1, -0.05) is 0 Å². The van der Waals surface area contributed by atoms with E-state index in [0.717, 1.165) is 4.90 Å². The van der Waals surface area contributed by atoms with Crippen molar-refractivity contribution >= 4 is 12.0 Å². The molecule has 0 saturated heterocycles. The molecule has 0 heterocycles. The summed E-state index contributed by atoms with van der Waals surface area (Å²) in [6.07, 6.45) is -6.18. The summed E-state index contributed by atoms with van der Waals surface area (Å²) in [6, 6.07) is -0.361. The normalized spacial score (nSPS) is 11.4. The Kier molecular flexibility index (Phi) is 5.06. The molecule has 0 fully saturated rings. The summed E-state index contributed by atoms with van der Waals surface area (Å²) >= 11 is 0. The number of hydrogen-bond donors (Lipinski definition) is 2. The van der Waals surface area contributed by atoms with Crippen LogP contribution in [0.3, 0.4) is 0 Å². The van der Waals surface area contributed by atoms with Gasteiger partial charge in [-0.3, -0.25) is 4.79 Å². The summed E-state index contributed by atoms with van der Waals surface area (Å²) in [5.41, 5.74) is 0. The fraction of sp³-hybridized carbons (Fsp3) is 0.750. The molecule has 0 aromatic rings. The van der Waals surface area contributed by atoms with Crippen LogP contribution in [-0.2, 0) is 4.79 Å². The molecular formula is C8H13F3N2O3. The van der Waals surface area contributed by atoms with Gasteiger partial charge in [-0.25, -0.2) is 4.79 Å². The molecule has 16 heavy (non-hydrogen) atoms. The first kappa shape index (κ1) is 14.5. The molecule has 0 aromatic heterocycles. The maximum Gasteiger partial charge on any atom is 0.471 e. The largest absolute Gasteiger partial charge is 0.471 e. The molecule has 0 radical (unpaired) electrons. The second-order valence-electron chi connectivity index (χ2n) is 3.32.